The Bertz CT molecular complexity index is 1270. The Morgan fingerprint density at radius 2 is 1.63 bits per heavy atom. The van der Waals surface area contributed by atoms with Crippen LogP contribution in [0.5, 0.6) is 11.5 Å². The van der Waals surface area contributed by atoms with Crippen molar-refractivity contribution in [1.82, 2.24) is 20.2 Å². The molecule has 4 rings (SSSR count). The minimum absolute atomic E-state index is 0.00376. The van der Waals surface area contributed by atoms with Gasteiger partial charge >= 0.3 is 0 Å². The molecule has 0 atom stereocenters. The number of benzene rings is 2. The molecule has 1 saturated heterocycles. The van der Waals surface area contributed by atoms with Crippen LogP contribution in [0.2, 0.25) is 0 Å². The van der Waals surface area contributed by atoms with E-state index in [0.29, 0.717) is 36.6 Å². The SMILES string of the molecule is COc1ccc(OC)c(/C=C/C(=O)N2CCCN2C(=O)CCNC(=O)CN2C(=O)c3ccccc3C2=O)c1. The van der Waals surface area contributed by atoms with E-state index in [-0.39, 0.29) is 35.9 Å². The van der Waals surface area contributed by atoms with E-state index in [0.717, 1.165) is 4.90 Å². The Hall–Kier alpha value is -4.67. The zero-order chi connectivity index (χ0) is 27.2. The Morgan fingerprint density at radius 3 is 2.29 bits per heavy atom. The van der Waals surface area contributed by atoms with Gasteiger partial charge < -0.3 is 14.8 Å². The summed E-state index contributed by atoms with van der Waals surface area (Å²) >= 11 is 0. The molecule has 0 aliphatic carbocycles. The molecule has 0 aromatic heterocycles. The van der Waals surface area contributed by atoms with Crippen LogP contribution in [-0.4, -0.2) is 84.9 Å². The maximum absolute atomic E-state index is 12.9. The van der Waals surface area contributed by atoms with E-state index in [2.05, 4.69) is 5.32 Å². The van der Waals surface area contributed by atoms with Crippen LogP contribution in [-0.2, 0) is 14.4 Å². The predicted molar refractivity (Wildman–Crippen MR) is 136 cm³/mol. The third kappa shape index (κ3) is 5.51. The molecule has 11 heteroatoms. The fraction of sp³-hybridized carbons (Fsp3) is 0.296. The maximum atomic E-state index is 12.9. The molecular formula is C27H28N4O7. The number of hydrogen-bond acceptors (Lipinski definition) is 7. The van der Waals surface area contributed by atoms with Gasteiger partial charge in [0.05, 0.1) is 25.3 Å². The molecule has 0 saturated carbocycles. The summed E-state index contributed by atoms with van der Waals surface area (Å²) in [6.45, 7) is 0.323. The van der Waals surface area contributed by atoms with Gasteiger partial charge in [-0.15, -0.1) is 0 Å². The van der Waals surface area contributed by atoms with Crippen molar-refractivity contribution >= 4 is 35.6 Å². The van der Waals surface area contributed by atoms with Crippen LogP contribution in [0.4, 0.5) is 0 Å². The van der Waals surface area contributed by atoms with Gasteiger partial charge in [0.15, 0.2) is 0 Å². The molecule has 2 aromatic carbocycles. The molecule has 11 nitrogen and oxygen atoms in total. The lowest BCUT2D eigenvalue weighted by Gasteiger charge is -2.27. The van der Waals surface area contributed by atoms with Crippen LogP contribution < -0.4 is 14.8 Å². The lowest BCUT2D eigenvalue weighted by Crippen LogP contribution is -2.45. The normalized spacial score (nSPS) is 14.7. The van der Waals surface area contributed by atoms with Gasteiger partial charge in [-0.3, -0.25) is 33.9 Å². The number of hydrazine groups is 1. The van der Waals surface area contributed by atoms with Gasteiger partial charge in [0.25, 0.3) is 17.7 Å². The number of nitrogens with one attached hydrogen (secondary N) is 1. The summed E-state index contributed by atoms with van der Waals surface area (Å²) in [6.07, 6.45) is 3.54. The zero-order valence-corrected chi connectivity index (χ0v) is 21.1. The number of nitrogens with zero attached hydrogens (tertiary/aromatic N) is 3. The van der Waals surface area contributed by atoms with E-state index in [4.69, 9.17) is 9.47 Å². The van der Waals surface area contributed by atoms with Crippen molar-refractivity contribution in [2.75, 3.05) is 40.4 Å². The summed E-state index contributed by atoms with van der Waals surface area (Å²) in [5.74, 6) is -1.12. The molecule has 1 N–H and O–H groups in total. The van der Waals surface area contributed by atoms with Crippen molar-refractivity contribution in [3.05, 3.63) is 65.2 Å². The summed E-state index contributed by atoms with van der Waals surface area (Å²) in [7, 11) is 3.07. The highest BCUT2D eigenvalue weighted by molar-refractivity contribution is 6.22. The molecule has 5 amide bonds. The second-order valence-electron chi connectivity index (χ2n) is 8.62. The topological polar surface area (TPSA) is 126 Å². The molecule has 2 aliphatic heterocycles. The predicted octanol–water partition coefficient (Wildman–Crippen LogP) is 1.50. The number of rotatable bonds is 9. The Kier molecular flexibility index (Phi) is 8.05. The molecule has 0 spiro atoms. The van der Waals surface area contributed by atoms with E-state index in [9.17, 15) is 24.0 Å². The first-order valence-corrected chi connectivity index (χ1v) is 12.1. The smallest absolute Gasteiger partial charge is 0.265 e. The molecule has 0 bridgehead atoms. The number of carbonyl (C=O) groups is 5. The first kappa shape index (κ1) is 26.4. The van der Waals surface area contributed by atoms with Crippen LogP contribution in [0.25, 0.3) is 6.08 Å². The minimum atomic E-state index is -0.558. The van der Waals surface area contributed by atoms with Crippen LogP contribution in [0.1, 0.15) is 39.1 Å². The van der Waals surface area contributed by atoms with Gasteiger partial charge in [0, 0.05) is 37.7 Å². The van der Waals surface area contributed by atoms with Crippen molar-refractivity contribution in [1.29, 1.82) is 0 Å². The Labute approximate surface area is 219 Å². The number of hydrogen-bond donors (Lipinski definition) is 1. The van der Waals surface area contributed by atoms with E-state index < -0.39 is 24.3 Å². The van der Waals surface area contributed by atoms with Crippen molar-refractivity contribution in [2.24, 2.45) is 0 Å². The van der Waals surface area contributed by atoms with Crippen LogP contribution in [0.3, 0.4) is 0 Å². The fourth-order valence-corrected chi connectivity index (χ4v) is 4.34. The first-order chi connectivity index (χ1) is 18.3. The van der Waals surface area contributed by atoms with Crippen LogP contribution >= 0.6 is 0 Å². The molecule has 0 radical (unpaired) electrons. The zero-order valence-electron chi connectivity index (χ0n) is 21.1. The van der Waals surface area contributed by atoms with Gasteiger partial charge in [0.1, 0.15) is 18.0 Å². The Morgan fingerprint density at radius 1 is 0.947 bits per heavy atom. The molecule has 0 unspecified atom stereocenters. The lowest BCUT2D eigenvalue weighted by molar-refractivity contribution is -0.154. The fourth-order valence-electron chi connectivity index (χ4n) is 4.34. The third-order valence-corrected chi connectivity index (χ3v) is 6.26. The largest absolute Gasteiger partial charge is 0.497 e. The summed E-state index contributed by atoms with van der Waals surface area (Å²) in [4.78, 5) is 63.7. The number of amides is 5. The summed E-state index contributed by atoms with van der Waals surface area (Å²) in [5.41, 5.74) is 1.18. The molecular weight excluding hydrogens is 492 g/mol. The average Bonchev–Trinajstić information content (AvgIpc) is 3.52. The van der Waals surface area contributed by atoms with Crippen LogP contribution in [0.15, 0.2) is 48.5 Å². The standard InChI is InChI=1S/C27H28N4O7/c1-37-19-9-10-22(38-2)18(16-19)8-11-24(33)30-14-5-15-31(30)25(34)12-13-28-23(32)17-29-26(35)20-6-3-4-7-21(20)27(29)36/h3-4,6-11,16H,5,12-15,17H2,1-2H3,(H,28,32)/b11-8+. The summed E-state index contributed by atoms with van der Waals surface area (Å²) < 4.78 is 10.5. The van der Waals surface area contributed by atoms with E-state index in [1.54, 1.807) is 43.5 Å². The van der Waals surface area contributed by atoms with E-state index in [1.165, 1.54) is 35.3 Å². The number of methoxy groups -OCH3 is 2. The summed E-state index contributed by atoms with van der Waals surface area (Å²) in [6, 6.07) is 11.6. The highest BCUT2D eigenvalue weighted by Gasteiger charge is 2.36. The second-order valence-corrected chi connectivity index (χ2v) is 8.62. The highest BCUT2D eigenvalue weighted by atomic mass is 16.5. The Balaban J connectivity index is 1.28. The number of fused-ring (bicyclic) bond motifs is 1. The first-order valence-electron chi connectivity index (χ1n) is 12.1. The lowest BCUT2D eigenvalue weighted by atomic mass is 10.1. The van der Waals surface area contributed by atoms with Crippen molar-refractivity contribution in [3.63, 3.8) is 0 Å². The van der Waals surface area contributed by atoms with Crippen molar-refractivity contribution < 1.29 is 33.4 Å². The minimum Gasteiger partial charge on any atom is -0.497 e. The third-order valence-electron chi connectivity index (χ3n) is 6.26. The van der Waals surface area contributed by atoms with E-state index in [1.807, 2.05) is 0 Å². The monoisotopic (exact) mass is 520 g/mol. The maximum Gasteiger partial charge on any atom is 0.265 e. The molecule has 2 heterocycles. The summed E-state index contributed by atoms with van der Waals surface area (Å²) in [5, 5.41) is 5.30. The van der Waals surface area contributed by atoms with Crippen molar-refractivity contribution in [3.8, 4) is 11.5 Å². The number of imide groups is 1. The molecule has 198 valence electrons. The quantitative estimate of drug-likeness (QED) is 0.392. The molecule has 2 aromatic rings. The van der Waals surface area contributed by atoms with Gasteiger partial charge in [-0.25, -0.2) is 5.01 Å². The van der Waals surface area contributed by atoms with Gasteiger partial charge in [-0.05, 0) is 42.8 Å². The molecule has 38 heavy (non-hydrogen) atoms. The highest BCUT2D eigenvalue weighted by Crippen LogP contribution is 2.25. The van der Waals surface area contributed by atoms with Gasteiger partial charge in [0.2, 0.25) is 11.8 Å². The molecule has 1 fully saturated rings. The van der Waals surface area contributed by atoms with Crippen molar-refractivity contribution in [2.45, 2.75) is 12.8 Å². The second kappa shape index (κ2) is 11.6. The van der Waals surface area contributed by atoms with Gasteiger partial charge in [-0.1, -0.05) is 12.1 Å². The number of carbonyl (C=O) groups excluding carboxylic acids is 5. The molecule has 2 aliphatic rings. The average molecular weight is 521 g/mol. The number of ether oxygens (including phenoxy) is 2. The van der Waals surface area contributed by atoms with E-state index >= 15 is 0 Å². The van der Waals surface area contributed by atoms with Gasteiger partial charge in [-0.2, -0.15) is 0 Å². The van der Waals surface area contributed by atoms with Crippen LogP contribution in [0, 0.1) is 0 Å².